The largest absolute Gasteiger partial charge is 0.480 e. The second kappa shape index (κ2) is 4.30. The van der Waals surface area contributed by atoms with Gasteiger partial charge in [-0.05, 0) is 26.0 Å². The lowest BCUT2D eigenvalue weighted by molar-refractivity contribution is -0.138. The van der Waals surface area contributed by atoms with Crippen LogP contribution in [-0.4, -0.2) is 25.5 Å². The van der Waals surface area contributed by atoms with Gasteiger partial charge < -0.3 is 5.11 Å². The summed E-state index contributed by atoms with van der Waals surface area (Å²) in [4.78, 5) is 11.3. The number of aryl methyl sites for hydroxylation is 1. The van der Waals surface area contributed by atoms with Gasteiger partial charge in [0.25, 0.3) is 10.0 Å². The lowest BCUT2D eigenvalue weighted by atomic mass is 10.4. The summed E-state index contributed by atoms with van der Waals surface area (Å²) in [6.45, 7) is 3.06. The molecular weight excluding hydrogens is 238 g/mol. The van der Waals surface area contributed by atoms with Gasteiger partial charge in [-0.1, -0.05) is 0 Å². The second-order valence-corrected chi connectivity index (χ2v) is 6.28. The van der Waals surface area contributed by atoms with Crippen molar-refractivity contribution in [2.75, 3.05) is 0 Å². The van der Waals surface area contributed by atoms with Crippen molar-refractivity contribution in [3.8, 4) is 0 Å². The molecule has 0 aliphatic rings. The first-order chi connectivity index (χ1) is 6.83. The molecule has 0 aliphatic heterocycles. The van der Waals surface area contributed by atoms with Gasteiger partial charge in [-0.2, -0.15) is 4.72 Å². The molecule has 0 spiro atoms. The molecule has 0 fully saturated rings. The normalized spacial score (nSPS) is 13.7. The van der Waals surface area contributed by atoms with Gasteiger partial charge in [0.2, 0.25) is 0 Å². The summed E-state index contributed by atoms with van der Waals surface area (Å²) in [5, 5.41) is 8.57. The maximum absolute atomic E-state index is 11.6. The van der Waals surface area contributed by atoms with Crippen LogP contribution in [0.4, 0.5) is 0 Å². The van der Waals surface area contributed by atoms with E-state index in [0.29, 0.717) is 0 Å². The van der Waals surface area contributed by atoms with Gasteiger partial charge in [0.1, 0.15) is 10.3 Å². The molecule has 1 heterocycles. The number of carboxylic acid groups (broad SMARTS) is 1. The van der Waals surface area contributed by atoms with Crippen molar-refractivity contribution in [1.29, 1.82) is 0 Å². The molecular formula is C8H11NO4S2. The molecule has 15 heavy (non-hydrogen) atoms. The fourth-order valence-electron chi connectivity index (χ4n) is 0.898. The number of hydrogen-bond acceptors (Lipinski definition) is 4. The maximum atomic E-state index is 11.6. The molecule has 5 nitrogen and oxygen atoms in total. The molecule has 0 saturated carbocycles. The summed E-state index contributed by atoms with van der Waals surface area (Å²) in [6.07, 6.45) is 0. The third-order valence-corrected chi connectivity index (χ3v) is 4.72. The number of carboxylic acids is 1. The van der Waals surface area contributed by atoms with Crippen LogP contribution in [0, 0.1) is 6.92 Å². The van der Waals surface area contributed by atoms with Crippen molar-refractivity contribution in [3.63, 3.8) is 0 Å². The van der Waals surface area contributed by atoms with E-state index in [1.807, 2.05) is 0 Å². The van der Waals surface area contributed by atoms with Crippen molar-refractivity contribution in [1.82, 2.24) is 4.72 Å². The highest BCUT2D eigenvalue weighted by Gasteiger charge is 2.22. The average molecular weight is 249 g/mol. The van der Waals surface area contributed by atoms with E-state index in [-0.39, 0.29) is 4.21 Å². The Labute approximate surface area is 91.8 Å². The summed E-state index contributed by atoms with van der Waals surface area (Å²) < 4.78 is 25.4. The standard InChI is InChI=1S/C8H11NO4S2/c1-5-3-4-7(14-5)15(12,13)9-6(2)8(10)11/h3-4,6,9H,1-2H3,(H,10,11)/t6-/m1/s1. The van der Waals surface area contributed by atoms with E-state index in [1.165, 1.54) is 13.0 Å². The zero-order valence-corrected chi connectivity index (χ0v) is 9.85. The molecule has 0 unspecified atom stereocenters. The molecule has 7 heteroatoms. The van der Waals surface area contributed by atoms with E-state index in [9.17, 15) is 13.2 Å². The number of rotatable bonds is 4. The third-order valence-electron chi connectivity index (χ3n) is 1.68. The molecule has 0 aliphatic carbocycles. The summed E-state index contributed by atoms with van der Waals surface area (Å²) in [5.74, 6) is -1.20. The Balaban J connectivity index is 2.90. The second-order valence-electron chi connectivity index (χ2n) is 3.05. The Kier molecular flexibility index (Phi) is 3.48. The quantitative estimate of drug-likeness (QED) is 0.827. The highest BCUT2D eigenvalue weighted by molar-refractivity contribution is 7.91. The molecule has 2 N–H and O–H groups in total. The summed E-state index contributed by atoms with van der Waals surface area (Å²) in [5.41, 5.74) is 0. The Morgan fingerprint density at radius 2 is 2.13 bits per heavy atom. The van der Waals surface area contributed by atoms with E-state index in [2.05, 4.69) is 4.72 Å². The van der Waals surface area contributed by atoms with Crippen LogP contribution < -0.4 is 4.72 Å². The van der Waals surface area contributed by atoms with Crippen molar-refractivity contribution in [2.24, 2.45) is 0 Å². The van der Waals surface area contributed by atoms with Crippen LogP contribution in [0.1, 0.15) is 11.8 Å². The van der Waals surface area contributed by atoms with Crippen LogP contribution >= 0.6 is 11.3 Å². The number of aliphatic carboxylic acids is 1. The first-order valence-electron chi connectivity index (χ1n) is 4.14. The van der Waals surface area contributed by atoms with Gasteiger partial charge in [-0.15, -0.1) is 11.3 Å². The van der Waals surface area contributed by atoms with E-state index in [1.54, 1.807) is 13.0 Å². The predicted molar refractivity (Wildman–Crippen MR) is 56.5 cm³/mol. The van der Waals surface area contributed by atoms with E-state index in [4.69, 9.17) is 5.11 Å². The maximum Gasteiger partial charge on any atom is 0.321 e. The summed E-state index contributed by atoms with van der Waals surface area (Å²) >= 11 is 1.10. The fraction of sp³-hybridized carbons (Fsp3) is 0.375. The van der Waals surface area contributed by atoms with Gasteiger partial charge in [0.05, 0.1) is 0 Å². The van der Waals surface area contributed by atoms with Gasteiger partial charge >= 0.3 is 5.97 Å². The molecule has 0 radical (unpaired) electrons. The van der Waals surface area contributed by atoms with Gasteiger partial charge in [-0.25, -0.2) is 8.42 Å². The van der Waals surface area contributed by atoms with Crippen LogP contribution in [0.5, 0.6) is 0 Å². The highest BCUT2D eigenvalue weighted by Crippen LogP contribution is 2.20. The monoisotopic (exact) mass is 249 g/mol. The van der Waals surface area contributed by atoms with E-state index in [0.717, 1.165) is 16.2 Å². The Hall–Kier alpha value is -0.920. The number of nitrogens with one attached hydrogen (secondary N) is 1. The van der Waals surface area contributed by atoms with Crippen LogP contribution in [-0.2, 0) is 14.8 Å². The molecule has 0 aromatic carbocycles. The molecule has 1 atom stereocenters. The van der Waals surface area contributed by atoms with Crippen molar-refractivity contribution in [2.45, 2.75) is 24.1 Å². The first kappa shape index (κ1) is 12.2. The highest BCUT2D eigenvalue weighted by atomic mass is 32.2. The SMILES string of the molecule is Cc1ccc(S(=O)(=O)N[C@H](C)C(=O)O)s1. The zero-order valence-electron chi connectivity index (χ0n) is 8.22. The number of sulfonamides is 1. The van der Waals surface area contributed by atoms with Crippen molar-refractivity contribution >= 4 is 27.3 Å². The Morgan fingerprint density at radius 3 is 2.53 bits per heavy atom. The van der Waals surface area contributed by atoms with Gasteiger partial charge in [0, 0.05) is 4.88 Å². The third kappa shape index (κ3) is 3.01. The van der Waals surface area contributed by atoms with Crippen LogP contribution in [0.3, 0.4) is 0 Å². The van der Waals surface area contributed by atoms with E-state index < -0.39 is 22.0 Å². The fourth-order valence-corrected chi connectivity index (χ4v) is 3.39. The number of hydrogen-bond donors (Lipinski definition) is 2. The predicted octanol–water partition coefficient (Wildman–Crippen LogP) is 0.808. The summed E-state index contributed by atoms with van der Waals surface area (Å²) in [7, 11) is -3.70. The lowest BCUT2D eigenvalue weighted by Crippen LogP contribution is -2.37. The lowest BCUT2D eigenvalue weighted by Gasteiger charge is -2.07. The molecule has 1 aromatic heterocycles. The number of thiophene rings is 1. The minimum atomic E-state index is -3.70. The Bertz CT molecular complexity index is 463. The first-order valence-corrected chi connectivity index (χ1v) is 6.44. The number of carbonyl (C=O) groups is 1. The zero-order chi connectivity index (χ0) is 11.6. The minimum absolute atomic E-state index is 0.133. The molecule has 0 saturated heterocycles. The van der Waals surface area contributed by atoms with E-state index >= 15 is 0 Å². The molecule has 1 aromatic rings. The summed E-state index contributed by atoms with van der Waals surface area (Å²) in [6, 6.07) is 2.00. The van der Waals surface area contributed by atoms with Crippen LogP contribution in [0.25, 0.3) is 0 Å². The molecule has 1 rings (SSSR count). The molecule has 84 valence electrons. The van der Waals surface area contributed by atoms with Crippen LogP contribution in [0.2, 0.25) is 0 Å². The Morgan fingerprint density at radius 1 is 1.53 bits per heavy atom. The molecule has 0 bridgehead atoms. The smallest absolute Gasteiger partial charge is 0.321 e. The van der Waals surface area contributed by atoms with Gasteiger partial charge in [-0.3, -0.25) is 4.79 Å². The minimum Gasteiger partial charge on any atom is -0.480 e. The molecule has 0 amide bonds. The topological polar surface area (TPSA) is 83.5 Å². The van der Waals surface area contributed by atoms with Crippen molar-refractivity contribution < 1.29 is 18.3 Å². The average Bonchev–Trinajstić information content (AvgIpc) is 2.51. The van der Waals surface area contributed by atoms with Crippen LogP contribution in [0.15, 0.2) is 16.3 Å². The van der Waals surface area contributed by atoms with Crippen molar-refractivity contribution in [3.05, 3.63) is 17.0 Å². The van der Waals surface area contributed by atoms with Gasteiger partial charge in [0.15, 0.2) is 0 Å².